The molecular formula is C16H28B2N2O6. The van der Waals surface area contributed by atoms with E-state index in [1.54, 1.807) is 20.8 Å². The van der Waals surface area contributed by atoms with E-state index in [0.717, 1.165) is 0 Å². The summed E-state index contributed by atoms with van der Waals surface area (Å²) in [4.78, 5) is 43.3. The summed E-state index contributed by atoms with van der Waals surface area (Å²) in [5.74, 6) is -3.16. The van der Waals surface area contributed by atoms with Crippen molar-refractivity contribution in [3.8, 4) is 0 Å². The van der Waals surface area contributed by atoms with Gasteiger partial charge in [0.05, 0.1) is 18.3 Å². The number of carbonyl (C=O) groups excluding carboxylic acids is 3. The van der Waals surface area contributed by atoms with Gasteiger partial charge in [0.2, 0.25) is 13.9 Å². The smallest absolute Gasteiger partial charge is 0.317 e. The molecule has 144 valence electrons. The van der Waals surface area contributed by atoms with Gasteiger partial charge in [-0.25, -0.2) is 0 Å². The van der Waals surface area contributed by atoms with E-state index in [-0.39, 0.29) is 30.1 Å². The molecule has 0 aliphatic carbocycles. The molecule has 1 rings (SSSR count). The fourth-order valence-corrected chi connectivity index (χ4v) is 2.14. The van der Waals surface area contributed by atoms with E-state index in [1.807, 2.05) is 26.0 Å². The molecule has 0 aromatic heterocycles. The fourth-order valence-electron chi connectivity index (χ4n) is 2.14. The molecule has 0 spiro atoms. The Morgan fingerprint density at radius 1 is 1.23 bits per heavy atom. The number of rotatable bonds is 3. The molecule has 10 heteroatoms. The minimum absolute atomic E-state index is 0.0880. The molecular weight excluding hydrogens is 338 g/mol. The normalized spacial score (nSPS) is 17.7. The summed E-state index contributed by atoms with van der Waals surface area (Å²) in [7, 11) is 8.87. The number of esters is 2. The highest BCUT2D eigenvalue weighted by atomic mass is 16.6. The summed E-state index contributed by atoms with van der Waals surface area (Å²) in [5.41, 5.74) is 3.39. The number of hydrogen-bond acceptors (Lipinski definition) is 6. The molecule has 1 fully saturated rings. The zero-order valence-electron chi connectivity index (χ0n) is 16.3. The molecule has 0 saturated carbocycles. The largest absolute Gasteiger partial charge is 0.481 e. The van der Waals surface area contributed by atoms with Crippen LogP contribution in [0.25, 0.3) is 0 Å². The molecule has 1 aliphatic heterocycles. The first-order chi connectivity index (χ1) is 11.7. The van der Waals surface area contributed by atoms with Gasteiger partial charge in [-0.05, 0) is 10.8 Å². The average molecular weight is 366 g/mol. The van der Waals surface area contributed by atoms with Gasteiger partial charge in [0.25, 0.3) is 0 Å². The summed E-state index contributed by atoms with van der Waals surface area (Å²) in [6, 6.07) is 0. The number of aliphatic carboxylic acids is 1. The van der Waals surface area contributed by atoms with Gasteiger partial charge in [0, 0.05) is 6.42 Å². The molecule has 4 N–H and O–H groups in total. The average Bonchev–Trinajstić information content (AvgIpc) is 2.84. The number of carbonyl (C=O) groups is 4. The third-order valence-corrected chi connectivity index (χ3v) is 3.81. The molecule has 2 atom stereocenters. The number of carboxylic acid groups (broad SMARTS) is 1. The van der Waals surface area contributed by atoms with Crippen molar-refractivity contribution in [1.29, 1.82) is 0 Å². The summed E-state index contributed by atoms with van der Waals surface area (Å²) < 4.78 is 4.42. The molecule has 0 unspecified atom stereocenters. The van der Waals surface area contributed by atoms with Gasteiger partial charge in [-0.1, -0.05) is 41.5 Å². The van der Waals surface area contributed by atoms with Crippen molar-refractivity contribution < 1.29 is 29.0 Å². The second-order valence-corrected chi connectivity index (χ2v) is 7.94. The Hall–Kier alpha value is -1.83. The quantitative estimate of drug-likeness (QED) is 0.375. The lowest BCUT2D eigenvalue weighted by Crippen LogP contribution is -2.34. The van der Waals surface area contributed by atoms with E-state index < -0.39 is 29.2 Å². The summed E-state index contributed by atoms with van der Waals surface area (Å²) >= 11 is 0. The summed E-state index contributed by atoms with van der Waals surface area (Å²) in [6.45, 7) is 11.1. The van der Waals surface area contributed by atoms with E-state index in [1.165, 1.54) is 0 Å². The second kappa shape index (κ2) is 11.0. The lowest BCUT2D eigenvalue weighted by Gasteiger charge is -2.26. The third kappa shape index (κ3) is 9.60. The predicted molar refractivity (Wildman–Crippen MR) is 97.7 cm³/mol. The van der Waals surface area contributed by atoms with E-state index in [4.69, 9.17) is 13.1 Å². The van der Waals surface area contributed by atoms with Crippen LogP contribution in [0.1, 0.15) is 54.4 Å². The number of amides is 1. The molecule has 8 nitrogen and oxygen atoms in total. The Labute approximate surface area is 157 Å². The van der Waals surface area contributed by atoms with Crippen molar-refractivity contribution in [1.82, 2.24) is 5.23 Å². The number of cyclic esters (lactones) is 2. The van der Waals surface area contributed by atoms with Crippen LogP contribution >= 0.6 is 0 Å². The highest BCUT2D eigenvalue weighted by Crippen LogP contribution is 2.33. The standard InChI is InChI=1S/C8H14BNO3.C8H12O3.BH2N/c1-8(2,3)5(7(12)13)4-6(11)10-9;1-8(2,3)5-4-6(9)11-7(5)10;1-2/h5H,4H2,1-3H3,(H,10,11)(H,12,13);5H,4H2,1-3H3;2H2/t2*5-;/m11./s1. The van der Waals surface area contributed by atoms with Crippen molar-refractivity contribution >= 4 is 39.8 Å². The van der Waals surface area contributed by atoms with Gasteiger partial charge in [0.15, 0.2) is 7.98 Å². The van der Waals surface area contributed by atoms with Crippen LogP contribution in [0, 0.1) is 22.7 Å². The lowest BCUT2D eigenvalue weighted by atomic mass is 9.78. The maximum atomic E-state index is 11.0. The highest BCUT2D eigenvalue weighted by molar-refractivity contribution is 6.14. The molecule has 26 heavy (non-hydrogen) atoms. The molecule has 1 aliphatic rings. The molecule has 1 saturated heterocycles. The van der Waals surface area contributed by atoms with Gasteiger partial charge in [-0.3, -0.25) is 19.2 Å². The molecule has 1 heterocycles. The van der Waals surface area contributed by atoms with Crippen molar-refractivity contribution in [3.05, 3.63) is 0 Å². The Morgan fingerprint density at radius 2 is 1.69 bits per heavy atom. The predicted octanol–water partition coefficient (Wildman–Crippen LogP) is 0.474. The number of carboxylic acids is 1. The van der Waals surface area contributed by atoms with Crippen LogP contribution in [-0.4, -0.2) is 44.9 Å². The zero-order chi connectivity index (χ0) is 21.3. The number of ether oxygens (including phenoxy) is 1. The number of nitrogens with two attached hydrogens (primary N) is 1. The summed E-state index contributed by atoms with van der Waals surface area (Å²) in [5, 5.41) is 10.8. The van der Waals surface area contributed by atoms with Crippen LogP contribution < -0.4 is 10.9 Å². The topological polar surface area (TPSA) is 136 Å². The highest BCUT2D eigenvalue weighted by Gasteiger charge is 2.41. The monoisotopic (exact) mass is 366 g/mol. The van der Waals surface area contributed by atoms with Crippen molar-refractivity contribution in [2.75, 3.05) is 0 Å². The van der Waals surface area contributed by atoms with Crippen LogP contribution in [0.3, 0.4) is 0 Å². The first-order valence-electron chi connectivity index (χ1n) is 8.00. The van der Waals surface area contributed by atoms with Gasteiger partial charge >= 0.3 is 17.9 Å². The zero-order valence-corrected chi connectivity index (χ0v) is 16.3. The van der Waals surface area contributed by atoms with Crippen LogP contribution in [0.5, 0.6) is 0 Å². The van der Waals surface area contributed by atoms with Crippen molar-refractivity contribution in [2.24, 2.45) is 28.3 Å². The molecule has 0 bridgehead atoms. The fraction of sp³-hybridized carbons (Fsp3) is 0.750. The number of nitrogens with one attached hydrogen (secondary N) is 1. The Kier molecular flexibility index (Phi) is 11.2. The van der Waals surface area contributed by atoms with E-state index >= 15 is 0 Å². The second-order valence-electron chi connectivity index (χ2n) is 7.94. The van der Waals surface area contributed by atoms with Crippen molar-refractivity contribution in [3.63, 3.8) is 0 Å². The molecule has 0 aromatic carbocycles. The maximum Gasteiger partial charge on any atom is 0.317 e. The maximum absolute atomic E-state index is 11.0. The molecule has 4 radical (unpaired) electrons. The Morgan fingerprint density at radius 3 is 1.88 bits per heavy atom. The van der Waals surface area contributed by atoms with Crippen LogP contribution in [0.15, 0.2) is 0 Å². The Balaban J connectivity index is 0. The number of hydrogen-bond donors (Lipinski definition) is 3. The van der Waals surface area contributed by atoms with Gasteiger partial charge < -0.3 is 20.7 Å². The minimum atomic E-state index is -0.976. The molecule has 0 aromatic rings. The lowest BCUT2D eigenvalue weighted by molar-refractivity contribution is -0.154. The summed E-state index contributed by atoms with van der Waals surface area (Å²) in [6.07, 6.45) is 0.150. The van der Waals surface area contributed by atoms with E-state index in [9.17, 15) is 19.2 Å². The van der Waals surface area contributed by atoms with Crippen LogP contribution in [-0.2, 0) is 23.9 Å². The van der Waals surface area contributed by atoms with Gasteiger partial charge in [0.1, 0.15) is 0 Å². The van der Waals surface area contributed by atoms with E-state index in [0.29, 0.717) is 0 Å². The van der Waals surface area contributed by atoms with Crippen LogP contribution in [0.4, 0.5) is 0 Å². The van der Waals surface area contributed by atoms with E-state index in [2.05, 4.69) is 18.4 Å². The third-order valence-electron chi connectivity index (χ3n) is 3.81. The Bertz CT molecular complexity index is 512. The van der Waals surface area contributed by atoms with Crippen molar-refractivity contribution in [2.45, 2.75) is 54.4 Å². The first-order valence-corrected chi connectivity index (χ1v) is 8.00. The van der Waals surface area contributed by atoms with Crippen LogP contribution in [0.2, 0.25) is 0 Å². The van der Waals surface area contributed by atoms with Gasteiger partial charge in [-0.2, -0.15) is 0 Å². The minimum Gasteiger partial charge on any atom is -0.481 e. The molecule has 1 amide bonds. The first kappa shape index (κ1) is 26.4. The van der Waals surface area contributed by atoms with Gasteiger partial charge in [-0.15, -0.1) is 0 Å². The SMILES string of the molecule is CC(C)(C)[C@@H]1CC(=O)OC1=O.[B]N.[B]NC(=O)C[C@H](C(=O)O)C(C)(C)C.